The van der Waals surface area contributed by atoms with Crippen molar-refractivity contribution in [2.24, 2.45) is 0 Å². The summed E-state index contributed by atoms with van der Waals surface area (Å²) in [5.74, 6) is -0.340. The number of hydrogen-bond donors (Lipinski definition) is 2. The van der Waals surface area contributed by atoms with Gasteiger partial charge in [0.15, 0.2) is 17.2 Å². The fourth-order valence-corrected chi connectivity index (χ4v) is 6.42. The number of ether oxygens (including phenoxy) is 2. The van der Waals surface area contributed by atoms with E-state index in [1.807, 2.05) is 37.3 Å². The lowest BCUT2D eigenvalue weighted by atomic mass is 10.1. The first-order chi connectivity index (χ1) is 23.9. The first-order valence-electron chi connectivity index (χ1n) is 15.7. The van der Waals surface area contributed by atoms with E-state index >= 15 is 4.39 Å². The summed E-state index contributed by atoms with van der Waals surface area (Å²) in [6.45, 7) is 7.61. The molecule has 6 rings (SSSR count). The number of anilines is 1. The smallest absolute Gasteiger partial charge is 0.407 e. The summed E-state index contributed by atoms with van der Waals surface area (Å²) < 4.78 is 55.9. The molecule has 3 heterocycles. The van der Waals surface area contributed by atoms with Gasteiger partial charge < -0.3 is 20.1 Å². The molecule has 3 aromatic carbocycles. The standard InChI is InChI=1S/C37H35FN6O5S/c1-24-10-13-27(14-11-24)50(46,47)44-23-28(30-16-18-40-35(43-30)41-21-25-8-6-5-7-9-25)33-32(17-19-39-34(33)44)48-31-15-12-26(20-29(31)38)22-42-36(45)49-37(2,3)4/h5-20,23H,21-22H2,1-4H3,(H,42,45)(H,40,41,43). The van der Waals surface area contributed by atoms with E-state index in [0.717, 1.165) is 15.1 Å². The van der Waals surface area contributed by atoms with Crippen LogP contribution in [0.15, 0.2) is 108 Å². The molecular weight excluding hydrogens is 660 g/mol. The molecular formula is C37H35FN6O5S. The highest BCUT2D eigenvalue weighted by atomic mass is 32.2. The number of benzene rings is 3. The number of alkyl carbamates (subject to hydrolysis) is 1. The summed E-state index contributed by atoms with van der Waals surface area (Å²) >= 11 is 0. The molecule has 11 nitrogen and oxygen atoms in total. The molecule has 0 unspecified atom stereocenters. The second kappa shape index (κ2) is 14.0. The number of carbonyl (C=O) groups excluding carboxylic acids is 1. The largest absolute Gasteiger partial charge is 0.453 e. The molecule has 50 heavy (non-hydrogen) atoms. The summed E-state index contributed by atoms with van der Waals surface area (Å²) in [5.41, 5.74) is 2.56. The number of fused-ring (bicyclic) bond motifs is 1. The van der Waals surface area contributed by atoms with Gasteiger partial charge in [-0.1, -0.05) is 54.1 Å². The van der Waals surface area contributed by atoms with E-state index in [1.165, 1.54) is 42.7 Å². The van der Waals surface area contributed by atoms with E-state index in [4.69, 9.17) is 9.47 Å². The van der Waals surface area contributed by atoms with Crippen LogP contribution in [-0.2, 0) is 27.8 Å². The minimum atomic E-state index is -4.13. The molecule has 0 saturated heterocycles. The number of pyridine rings is 1. The van der Waals surface area contributed by atoms with Gasteiger partial charge in [-0.3, -0.25) is 0 Å². The van der Waals surface area contributed by atoms with Crippen molar-refractivity contribution in [3.05, 3.63) is 126 Å². The molecule has 0 aliphatic heterocycles. The van der Waals surface area contributed by atoms with Crippen molar-refractivity contribution in [3.8, 4) is 22.8 Å². The Morgan fingerprint density at radius 3 is 2.34 bits per heavy atom. The van der Waals surface area contributed by atoms with Crippen LogP contribution >= 0.6 is 0 Å². The number of aromatic nitrogens is 4. The Bertz CT molecular complexity index is 2270. The first-order valence-corrected chi connectivity index (χ1v) is 17.2. The van der Waals surface area contributed by atoms with Gasteiger partial charge in [0.05, 0.1) is 16.0 Å². The molecule has 0 fully saturated rings. The highest BCUT2D eigenvalue weighted by Crippen LogP contribution is 2.39. The number of hydrogen-bond acceptors (Lipinski definition) is 9. The fraction of sp³-hybridized carbons (Fsp3) is 0.189. The molecule has 6 aromatic rings. The van der Waals surface area contributed by atoms with Crippen LogP contribution in [0.1, 0.15) is 37.5 Å². The van der Waals surface area contributed by atoms with Crippen LogP contribution in [0, 0.1) is 12.7 Å². The van der Waals surface area contributed by atoms with E-state index < -0.39 is 27.5 Å². The Balaban J connectivity index is 1.38. The van der Waals surface area contributed by atoms with E-state index in [9.17, 15) is 13.2 Å². The monoisotopic (exact) mass is 694 g/mol. The predicted molar refractivity (Wildman–Crippen MR) is 188 cm³/mol. The third-order valence-corrected chi connectivity index (χ3v) is 9.14. The van der Waals surface area contributed by atoms with Gasteiger partial charge >= 0.3 is 6.09 Å². The lowest BCUT2D eigenvalue weighted by Crippen LogP contribution is -2.32. The molecule has 1 amide bonds. The van der Waals surface area contributed by atoms with E-state index in [0.29, 0.717) is 34.7 Å². The summed E-state index contributed by atoms with van der Waals surface area (Å²) in [5, 5.41) is 6.11. The number of amides is 1. The lowest BCUT2D eigenvalue weighted by Gasteiger charge is -2.19. The quantitative estimate of drug-likeness (QED) is 0.148. The summed E-state index contributed by atoms with van der Waals surface area (Å²) in [6, 6.07) is 23.7. The molecule has 256 valence electrons. The van der Waals surface area contributed by atoms with Gasteiger partial charge in [-0.15, -0.1) is 0 Å². The SMILES string of the molecule is Cc1ccc(S(=O)(=O)n2cc(-c3ccnc(NCc4ccccc4)n3)c3c(Oc4ccc(CNC(=O)OC(C)(C)C)cc4F)ccnc32)cc1. The number of rotatable bonds is 10. The molecule has 0 spiro atoms. The fourth-order valence-electron chi connectivity index (χ4n) is 5.10. The van der Waals surface area contributed by atoms with Gasteiger partial charge in [0.1, 0.15) is 11.4 Å². The lowest BCUT2D eigenvalue weighted by molar-refractivity contribution is 0.0523. The predicted octanol–water partition coefficient (Wildman–Crippen LogP) is 7.61. The van der Waals surface area contributed by atoms with Crippen LogP contribution in [0.4, 0.5) is 15.1 Å². The zero-order valence-corrected chi connectivity index (χ0v) is 28.7. The molecule has 3 aromatic heterocycles. The Hall–Kier alpha value is -5.82. The maximum atomic E-state index is 15.5. The maximum Gasteiger partial charge on any atom is 0.407 e. The van der Waals surface area contributed by atoms with Gasteiger partial charge in [-0.05, 0) is 75.2 Å². The molecule has 0 atom stereocenters. The zero-order valence-electron chi connectivity index (χ0n) is 27.8. The van der Waals surface area contributed by atoms with Gasteiger partial charge in [0.2, 0.25) is 5.95 Å². The second-order valence-electron chi connectivity index (χ2n) is 12.5. The zero-order chi connectivity index (χ0) is 35.5. The van der Waals surface area contributed by atoms with Crippen molar-refractivity contribution >= 4 is 33.1 Å². The molecule has 0 aliphatic rings. The Morgan fingerprint density at radius 2 is 1.62 bits per heavy atom. The average Bonchev–Trinajstić information content (AvgIpc) is 3.49. The second-order valence-corrected chi connectivity index (χ2v) is 14.3. The van der Waals surface area contributed by atoms with Crippen LogP contribution in [0.25, 0.3) is 22.3 Å². The highest BCUT2D eigenvalue weighted by molar-refractivity contribution is 7.90. The van der Waals surface area contributed by atoms with Crippen LogP contribution in [0.3, 0.4) is 0 Å². The number of aryl methyl sites for hydroxylation is 1. The topological polar surface area (TPSA) is 137 Å². The van der Waals surface area contributed by atoms with Crippen molar-refractivity contribution in [2.75, 3.05) is 5.32 Å². The number of halogens is 1. The Morgan fingerprint density at radius 1 is 0.880 bits per heavy atom. The van der Waals surface area contributed by atoms with Crippen LogP contribution < -0.4 is 15.4 Å². The average molecular weight is 695 g/mol. The summed E-state index contributed by atoms with van der Waals surface area (Å²) in [4.78, 5) is 25.6. The molecule has 0 saturated carbocycles. The van der Waals surface area contributed by atoms with Crippen LogP contribution in [0.2, 0.25) is 0 Å². The van der Waals surface area contributed by atoms with Gasteiger partial charge in [0, 0.05) is 37.2 Å². The van der Waals surface area contributed by atoms with Crippen LogP contribution in [0.5, 0.6) is 11.5 Å². The van der Waals surface area contributed by atoms with E-state index in [1.54, 1.807) is 51.2 Å². The van der Waals surface area contributed by atoms with Crippen molar-refractivity contribution in [2.45, 2.75) is 51.3 Å². The van der Waals surface area contributed by atoms with Crippen molar-refractivity contribution in [1.29, 1.82) is 0 Å². The summed E-state index contributed by atoms with van der Waals surface area (Å²) in [7, 11) is -4.13. The normalized spacial score (nSPS) is 11.7. The van der Waals surface area contributed by atoms with Crippen molar-refractivity contribution < 1.29 is 27.1 Å². The molecule has 0 bridgehead atoms. The van der Waals surface area contributed by atoms with Crippen LogP contribution in [-0.4, -0.2) is 39.0 Å². The van der Waals surface area contributed by atoms with Gasteiger partial charge in [0.25, 0.3) is 10.0 Å². The Kier molecular flexibility index (Phi) is 9.51. The first kappa shape index (κ1) is 34.1. The molecule has 0 radical (unpaired) electrons. The third-order valence-electron chi connectivity index (χ3n) is 7.47. The Labute approximate surface area is 289 Å². The number of nitrogens with one attached hydrogen (secondary N) is 2. The molecule has 0 aliphatic carbocycles. The van der Waals surface area contributed by atoms with Crippen molar-refractivity contribution in [3.63, 3.8) is 0 Å². The maximum absolute atomic E-state index is 15.5. The number of nitrogens with zero attached hydrogens (tertiary/aromatic N) is 4. The molecule has 2 N–H and O–H groups in total. The third kappa shape index (κ3) is 7.73. The van der Waals surface area contributed by atoms with E-state index in [2.05, 4.69) is 25.6 Å². The molecule has 13 heteroatoms. The minimum absolute atomic E-state index is 0.0316. The summed E-state index contributed by atoms with van der Waals surface area (Å²) in [6.07, 6.45) is 3.77. The van der Waals surface area contributed by atoms with E-state index in [-0.39, 0.29) is 28.6 Å². The van der Waals surface area contributed by atoms with Gasteiger partial charge in [-0.2, -0.15) is 0 Å². The van der Waals surface area contributed by atoms with Crippen molar-refractivity contribution in [1.82, 2.24) is 24.2 Å². The van der Waals surface area contributed by atoms with Gasteiger partial charge in [-0.25, -0.2) is 36.5 Å². The highest BCUT2D eigenvalue weighted by Gasteiger charge is 2.26. The minimum Gasteiger partial charge on any atom is -0.453 e. The number of carbonyl (C=O) groups is 1.